The molecular weight excluding hydrogens is 402 g/mol. The average Bonchev–Trinajstić information content (AvgIpc) is 2.64. The fourth-order valence-corrected chi connectivity index (χ4v) is 2.83. The Morgan fingerprint density at radius 2 is 1.88 bits per heavy atom. The van der Waals surface area contributed by atoms with Crippen LogP contribution in [-0.4, -0.2) is 22.2 Å². The van der Waals surface area contributed by atoms with Crippen molar-refractivity contribution in [2.75, 3.05) is 0 Å². The summed E-state index contributed by atoms with van der Waals surface area (Å²) in [5.41, 5.74) is 2.65. The van der Waals surface area contributed by atoms with Gasteiger partial charge in [0.2, 0.25) is 0 Å². The van der Waals surface area contributed by atoms with E-state index >= 15 is 0 Å². The number of hydrogen-bond donors (Lipinski definition) is 2. The Hall–Kier alpha value is -3.26. The fraction of sp³-hybridized carbons (Fsp3) is 0. The van der Waals surface area contributed by atoms with Crippen LogP contribution in [0.25, 0.3) is 10.8 Å². The first-order valence-corrected chi connectivity index (χ1v) is 8.24. The number of nitrogens with one attached hydrogen (secondary N) is 1. The highest BCUT2D eigenvalue weighted by molar-refractivity contribution is 9.10. The highest BCUT2D eigenvalue weighted by Gasteiger charge is 2.13. The monoisotopic (exact) mass is 413 g/mol. The van der Waals surface area contributed by atoms with Gasteiger partial charge in [0.25, 0.3) is 11.6 Å². The second-order valence-electron chi connectivity index (χ2n) is 5.38. The molecule has 0 bridgehead atoms. The molecule has 0 saturated carbocycles. The summed E-state index contributed by atoms with van der Waals surface area (Å²) in [6.45, 7) is 0. The van der Waals surface area contributed by atoms with E-state index in [9.17, 15) is 20.0 Å². The third kappa shape index (κ3) is 3.70. The molecule has 0 radical (unpaired) electrons. The third-order valence-electron chi connectivity index (χ3n) is 3.67. The van der Waals surface area contributed by atoms with Crippen molar-refractivity contribution < 1.29 is 14.8 Å². The molecule has 8 heteroatoms. The lowest BCUT2D eigenvalue weighted by Gasteiger charge is -2.04. The van der Waals surface area contributed by atoms with Crippen LogP contribution in [0.3, 0.4) is 0 Å². The summed E-state index contributed by atoms with van der Waals surface area (Å²) in [4.78, 5) is 22.5. The van der Waals surface area contributed by atoms with Crippen molar-refractivity contribution in [1.29, 1.82) is 0 Å². The summed E-state index contributed by atoms with van der Waals surface area (Å²) in [6.07, 6.45) is 1.14. The number of nitro groups is 1. The molecule has 0 aromatic heterocycles. The van der Waals surface area contributed by atoms with Crippen LogP contribution in [0.1, 0.15) is 15.9 Å². The highest BCUT2D eigenvalue weighted by atomic mass is 79.9. The molecule has 0 fully saturated rings. The smallest absolute Gasteiger partial charge is 0.271 e. The molecule has 0 aliphatic heterocycles. The number of hydrazone groups is 1. The maximum atomic E-state index is 12.2. The van der Waals surface area contributed by atoms with Crippen molar-refractivity contribution in [2.24, 2.45) is 5.10 Å². The Balaban J connectivity index is 1.79. The maximum absolute atomic E-state index is 12.2. The first kappa shape index (κ1) is 17.6. The summed E-state index contributed by atoms with van der Waals surface area (Å²) in [6, 6.07) is 15.2. The molecule has 0 atom stereocenters. The number of hydrogen-bond acceptors (Lipinski definition) is 5. The molecule has 26 heavy (non-hydrogen) atoms. The molecule has 3 aromatic carbocycles. The summed E-state index contributed by atoms with van der Waals surface area (Å²) < 4.78 is 0.161. The Kier molecular flexibility index (Phi) is 4.94. The predicted octanol–water partition coefficient (Wildman–Crippen LogP) is 3.98. The summed E-state index contributed by atoms with van der Waals surface area (Å²) in [5.74, 6) is -0.643. The van der Waals surface area contributed by atoms with Crippen LogP contribution in [0, 0.1) is 10.1 Å². The van der Waals surface area contributed by atoms with Gasteiger partial charge in [-0.15, -0.1) is 0 Å². The van der Waals surface area contributed by atoms with Crippen LogP contribution in [-0.2, 0) is 0 Å². The number of phenolic OH excluding ortho intramolecular Hbond substituents is 1. The molecule has 0 unspecified atom stereocenters. The minimum absolute atomic E-state index is 0.102. The number of carbonyl (C=O) groups excluding carboxylic acids is 1. The van der Waals surface area contributed by atoms with E-state index in [-0.39, 0.29) is 21.5 Å². The van der Waals surface area contributed by atoms with E-state index in [4.69, 9.17) is 0 Å². The van der Waals surface area contributed by atoms with Crippen LogP contribution >= 0.6 is 15.9 Å². The SMILES string of the molecule is O=C(N/N=C\c1cc([N+](=O)[O-])cc(Br)c1O)c1ccc2ccccc2c1. The summed E-state index contributed by atoms with van der Waals surface area (Å²) >= 11 is 3.04. The number of amides is 1. The number of aromatic hydroxyl groups is 1. The number of phenols is 1. The minimum atomic E-state index is -0.588. The summed E-state index contributed by atoms with van der Waals surface area (Å²) in [7, 11) is 0. The van der Waals surface area contributed by atoms with E-state index in [0.717, 1.165) is 23.1 Å². The minimum Gasteiger partial charge on any atom is -0.506 e. The standard InChI is InChI=1S/C18H12BrN3O4/c19-16-9-15(22(25)26)8-14(17(16)23)10-20-21-18(24)13-6-5-11-3-1-2-4-12(11)7-13/h1-10,23H,(H,21,24)/b20-10-. The van der Waals surface area contributed by atoms with Crippen LogP contribution in [0.5, 0.6) is 5.75 Å². The quantitative estimate of drug-likeness (QED) is 0.383. The van der Waals surface area contributed by atoms with Crippen molar-refractivity contribution in [3.8, 4) is 5.75 Å². The van der Waals surface area contributed by atoms with Gasteiger partial charge in [-0.3, -0.25) is 14.9 Å². The zero-order valence-corrected chi connectivity index (χ0v) is 14.8. The molecule has 130 valence electrons. The maximum Gasteiger partial charge on any atom is 0.271 e. The predicted molar refractivity (Wildman–Crippen MR) is 101 cm³/mol. The van der Waals surface area contributed by atoms with E-state index in [2.05, 4.69) is 26.5 Å². The highest BCUT2D eigenvalue weighted by Crippen LogP contribution is 2.31. The molecule has 0 aliphatic carbocycles. The van der Waals surface area contributed by atoms with Gasteiger partial charge in [-0.1, -0.05) is 30.3 Å². The first-order valence-electron chi connectivity index (χ1n) is 7.45. The number of fused-ring (bicyclic) bond motifs is 1. The lowest BCUT2D eigenvalue weighted by atomic mass is 10.1. The number of benzene rings is 3. The largest absolute Gasteiger partial charge is 0.506 e. The van der Waals surface area contributed by atoms with Gasteiger partial charge < -0.3 is 5.11 Å². The molecule has 2 N–H and O–H groups in total. The van der Waals surface area contributed by atoms with E-state index in [1.807, 2.05) is 30.3 Å². The zero-order valence-electron chi connectivity index (χ0n) is 13.2. The molecule has 7 nitrogen and oxygen atoms in total. The second kappa shape index (κ2) is 7.32. The Morgan fingerprint density at radius 1 is 1.15 bits per heavy atom. The molecule has 3 aromatic rings. The molecule has 0 saturated heterocycles. The lowest BCUT2D eigenvalue weighted by Crippen LogP contribution is -2.17. The average molecular weight is 414 g/mol. The van der Waals surface area contributed by atoms with Gasteiger partial charge in [0, 0.05) is 23.3 Å². The van der Waals surface area contributed by atoms with Gasteiger partial charge in [-0.2, -0.15) is 5.10 Å². The molecule has 0 spiro atoms. The fourth-order valence-electron chi connectivity index (χ4n) is 2.36. The summed E-state index contributed by atoms with van der Waals surface area (Å²) in [5, 5.41) is 26.5. The van der Waals surface area contributed by atoms with E-state index in [1.165, 1.54) is 6.07 Å². The van der Waals surface area contributed by atoms with Crippen LogP contribution < -0.4 is 5.43 Å². The number of nitrogens with zero attached hydrogens (tertiary/aromatic N) is 2. The number of carbonyl (C=O) groups is 1. The normalized spacial score (nSPS) is 11.0. The Morgan fingerprint density at radius 3 is 2.62 bits per heavy atom. The van der Waals surface area contributed by atoms with Gasteiger partial charge in [-0.25, -0.2) is 5.43 Å². The lowest BCUT2D eigenvalue weighted by molar-refractivity contribution is -0.385. The van der Waals surface area contributed by atoms with Crippen molar-refractivity contribution in [2.45, 2.75) is 0 Å². The van der Waals surface area contributed by atoms with Crippen molar-refractivity contribution >= 4 is 44.5 Å². The van der Waals surface area contributed by atoms with E-state index in [1.54, 1.807) is 12.1 Å². The third-order valence-corrected chi connectivity index (χ3v) is 4.27. The molecule has 0 heterocycles. The van der Waals surface area contributed by atoms with Crippen LogP contribution in [0.2, 0.25) is 0 Å². The van der Waals surface area contributed by atoms with Gasteiger partial charge >= 0.3 is 0 Å². The van der Waals surface area contributed by atoms with Crippen molar-refractivity contribution in [3.63, 3.8) is 0 Å². The number of rotatable bonds is 4. The molecule has 3 rings (SSSR count). The second-order valence-corrected chi connectivity index (χ2v) is 6.24. The Bertz CT molecular complexity index is 1050. The number of non-ortho nitro benzene ring substituents is 1. The van der Waals surface area contributed by atoms with E-state index in [0.29, 0.717) is 5.56 Å². The van der Waals surface area contributed by atoms with Crippen LogP contribution in [0.15, 0.2) is 64.2 Å². The molecule has 0 aliphatic rings. The number of halogens is 1. The van der Waals surface area contributed by atoms with Crippen molar-refractivity contribution in [1.82, 2.24) is 5.43 Å². The van der Waals surface area contributed by atoms with Crippen LogP contribution in [0.4, 0.5) is 5.69 Å². The zero-order chi connectivity index (χ0) is 18.7. The van der Waals surface area contributed by atoms with Gasteiger partial charge in [0.15, 0.2) is 0 Å². The number of nitro benzene ring substituents is 1. The molecule has 1 amide bonds. The first-order chi connectivity index (χ1) is 12.5. The van der Waals surface area contributed by atoms with Gasteiger partial charge in [0.05, 0.1) is 15.6 Å². The Labute approximate surface area is 156 Å². The molecular formula is C18H12BrN3O4. The van der Waals surface area contributed by atoms with Crippen molar-refractivity contribution in [3.05, 3.63) is 80.3 Å². The van der Waals surface area contributed by atoms with E-state index < -0.39 is 10.8 Å². The van der Waals surface area contributed by atoms with Gasteiger partial charge in [0.1, 0.15) is 5.75 Å². The van der Waals surface area contributed by atoms with Gasteiger partial charge in [-0.05, 0) is 38.8 Å². The topological polar surface area (TPSA) is 105 Å².